The number of aromatic amines is 1. The molecule has 0 atom stereocenters. The molecule has 0 aliphatic rings. The fourth-order valence-corrected chi connectivity index (χ4v) is 4.06. The quantitative estimate of drug-likeness (QED) is 0.425. The summed E-state index contributed by atoms with van der Waals surface area (Å²) in [6.45, 7) is 9.95. The smallest absolute Gasteiger partial charge is 0.322 e. The van der Waals surface area contributed by atoms with Gasteiger partial charge in [0.15, 0.2) is 0 Å². The number of carbonyl (C=O) groups is 1. The number of nitrogens with zero attached hydrogens (tertiary/aromatic N) is 2. The first kappa shape index (κ1) is 25.3. The molecule has 7 nitrogen and oxygen atoms in total. The van der Waals surface area contributed by atoms with Crippen molar-refractivity contribution in [2.24, 2.45) is 0 Å². The third kappa shape index (κ3) is 6.38. The molecule has 0 saturated heterocycles. The van der Waals surface area contributed by atoms with Crippen LogP contribution in [-0.4, -0.2) is 54.1 Å². The number of fused-ring (bicyclic) bond motifs is 1. The van der Waals surface area contributed by atoms with E-state index in [2.05, 4.69) is 42.0 Å². The minimum absolute atomic E-state index is 0.171. The number of benzene rings is 2. The van der Waals surface area contributed by atoms with E-state index in [1.807, 2.05) is 30.3 Å². The molecule has 2 amide bonds. The summed E-state index contributed by atoms with van der Waals surface area (Å²) in [7, 11) is 1.58. The number of H-pyrrole nitrogens is 1. The number of anilines is 1. The van der Waals surface area contributed by atoms with Gasteiger partial charge in [0.05, 0.1) is 19.3 Å². The second-order valence-electron chi connectivity index (χ2n) is 8.33. The number of hydrogen-bond donors (Lipinski definition) is 2. The minimum Gasteiger partial charge on any atom is -0.495 e. The molecule has 0 spiro atoms. The van der Waals surface area contributed by atoms with E-state index in [4.69, 9.17) is 4.74 Å². The third-order valence-corrected chi connectivity index (χ3v) is 6.19. The average molecular weight is 465 g/mol. The number of carbonyl (C=O) groups excluding carboxylic acids is 1. The Morgan fingerprint density at radius 1 is 1.03 bits per heavy atom. The summed E-state index contributed by atoms with van der Waals surface area (Å²) < 4.78 is 5.38. The van der Waals surface area contributed by atoms with Crippen LogP contribution in [0, 0.1) is 0 Å². The zero-order chi connectivity index (χ0) is 24.5. The first-order valence-corrected chi connectivity index (χ1v) is 12.0. The van der Waals surface area contributed by atoms with Gasteiger partial charge in [-0.25, -0.2) is 4.79 Å². The Labute approximate surface area is 201 Å². The van der Waals surface area contributed by atoms with Crippen LogP contribution in [0.5, 0.6) is 5.75 Å². The Kier molecular flexibility index (Phi) is 9.10. The Morgan fingerprint density at radius 3 is 2.50 bits per heavy atom. The maximum Gasteiger partial charge on any atom is 0.322 e. The number of amides is 2. The number of aryl methyl sites for hydroxylation is 1. The van der Waals surface area contributed by atoms with Gasteiger partial charge < -0.3 is 24.8 Å². The lowest BCUT2D eigenvalue weighted by atomic mass is 10.1. The van der Waals surface area contributed by atoms with Crippen LogP contribution in [-0.2, 0) is 13.0 Å². The molecular formula is C27H36N4O3. The number of nitrogens with one attached hydrogen (secondary N) is 2. The molecular weight excluding hydrogens is 428 g/mol. The molecule has 1 heterocycles. The largest absolute Gasteiger partial charge is 0.495 e. The van der Waals surface area contributed by atoms with Crippen LogP contribution in [0.3, 0.4) is 0 Å². The zero-order valence-corrected chi connectivity index (χ0v) is 20.7. The Morgan fingerprint density at radius 2 is 1.79 bits per heavy atom. The summed E-state index contributed by atoms with van der Waals surface area (Å²) >= 11 is 0. The van der Waals surface area contributed by atoms with E-state index in [0.29, 0.717) is 23.5 Å². The Hall–Kier alpha value is -3.32. The molecule has 7 heteroatoms. The van der Waals surface area contributed by atoms with Gasteiger partial charge in [-0.2, -0.15) is 0 Å². The van der Waals surface area contributed by atoms with Crippen molar-refractivity contribution in [3.05, 3.63) is 70.0 Å². The van der Waals surface area contributed by atoms with Crippen molar-refractivity contribution in [1.29, 1.82) is 0 Å². The standard InChI is InChI=1S/C27H36N4O3/c1-5-20-13-14-23-21(17-20)18-22(26(32)28-23)19-31(16-10-15-30(6-2)7-3)27(33)29-24-11-8-9-12-25(24)34-4/h8-9,11-14,17-18H,5-7,10,15-16,19H2,1-4H3,(H,28,32)(H,29,33). The summed E-state index contributed by atoms with van der Waals surface area (Å²) in [5, 5.41) is 3.93. The topological polar surface area (TPSA) is 77.7 Å². The van der Waals surface area contributed by atoms with Crippen molar-refractivity contribution in [3.8, 4) is 5.75 Å². The van der Waals surface area contributed by atoms with Gasteiger partial charge in [0, 0.05) is 17.6 Å². The van der Waals surface area contributed by atoms with E-state index in [9.17, 15) is 9.59 Å². The lowest BCUT2D eigenvalue weighted by Gasteiger charge is -2.25. The third-order valence-electron chi connectivity index (χ3n) is 6.19. The summed E-state index contributed by atoms with van der Waals surface area (Å²) in [5.41, 5.74) is 3.01. The fraction of sp³-hybridized carbons (Fsp3) is 0.407. The van der Waals surface area contributed by atoms with Gasteiger partial charge in [0.2, 0.25) is 0 Å². The maximum atomic E-state index is 13.3. The second-order valence-corrected chi connectivity index (χ2v) is 8.33. The van der Waals surface area contributed by atoms with E-state index in [-0.39, 0.29) is 18.1 Å². The minimum atomic E-state index is -0.258. The summed E-state index contributed by atoms with van der Waals surface area (Å²) in [5.74, 6) is 0.592. The van der Waals surface area contributed by atoms with E-state index < -0.39 is 0 Å². The second kappa shape index (κ2) is 12.2. The van der Waals surface area contributed by atoms with Gasteiger partial charge in [0.1, 0.15) is 5.75 Å². The molecule has 0 saturated carbocycles. The van der Waals surface area contributed by atoms with Crippen LogP contribution in [0.25, 0.3) is 10.9 Å². The van der Waals surface area contributed by atoms with Crippen LogP contribution in [0.1, 0.15) is 38.3 Å². The number of urea groups is 1. The normalized spacial score (nSPS) is 11.1. The van der Waals surface area contributed by atoms with Gasteiger partial charge in [-0.05, 0) is 73.8 Å². The first-order valence-electron chi connectivity index (χ1n) is 12.0. The molecule has 34 heavy (non-hydrogen) atoms. The number of hydrogen-bond acceptors (Lipinski definition) is 4. The van der Waals surface area contributed by atoms with Crippen molar-refractivity contribution < 1.29 is 9.53 Å². The van der Waals surface area contributed by atoms with Crippen LogP contribution in [0.4, 0.5) is 10.5 Å². The number of pyridine rings is 1. The molecule has 3 rings (SSSR count). The van der Waals surface area contributed by atoms with Crippen molar-refractivity contribution in [3.63, 3.8) is 0 Å². The number of ether oxygens (including phenoxy) is 1. The number of methoxy groups -OCH3 is 1. The molecule has 0 radical (unpaired) electrons. The van der Waals surface area contributed by atoms with Crippen LogP contribution in [0.2, 0.25) is 0 Å². The first-order chi connectivity index (χ1) is 16.5. The molecule has 182 valence electrons. The van der Waals surface area contributed by atoms with Crippen LogP contribution < -0.4 is 15.6 Å². The number of para-hydroxylation sites is 2. The SMILES string of the molecule is CCc1ccc2[nH]c(=O)c(CN(CCCN(CC)CC)C(=O)Nc3ccccc3OC)cc2c1. The predicted octanol–water partition coefficient (Wildman–Crippen LogP) is 4.87. The molecule has 1 aromatic heterocycles. The average Bonchev–Trinajstić information content (AvgIpc) is 2.86. The lowest BCUT2D eigenvalue weighted by Crippen LogP contribution is -2.38. The van der Waals surface area contributed by atoms with E-state index >= 15 is 0 Å². The van der Waals surface area contributed by atoms with E-state index in [0.717, 1.165) is 43.4 Å². The summed E-state index contributed by atoms with van der Waals surface area (Å²) in [6, 6.07) is 15.0. The summed E-state index contributed by atoms with van der Waals surface area (Å²) in [4.78, 5) is 33.1. The highest BCUT2D eigenvalue weighted by molar-refractivity contribution is 5.91. The number of rotatable bonds is 11. The van der Waals surface area contributed by atoms with Gasteiger partial charge in [-0.1, -0.05) is 39.0 Å². The van der Waals surface area contributed by atoms with Gasteiger partial charge >= 0.3 is 6.03 Å². The molecule has 3 aromatic rings. The van der Waals surface area contributed by atoms with Gasteiger partial charge in [0.25, 0.3) is 5.56 Å². The van der Waals surface area contributed by atoms with Crippen molar-refractivity contribution in [2.75, 3.05) is 38.6 Å². The Balaban J connectivity index is 1.85. The highest BCUT2D eigenvalue weighted by Crippen LogP contribution is 2.24. The van der Waals surface area contributed by atoms with E-state index in [1.165, 1.54) is 5.56 Å². The number of aromatic nitrogens is 1. The predicted molar refractivity (Wildman–Crippen MR) is 139 cm³/mol. The monoisotopic (exact) mass is 464 g/mol. The molecule has 0 bridgehead atoms. The lowest BCUT2D eigenvalue weighted by molar-refractivity contribution is 0.202. The van der Waals surface area contributed by atoms with Crippen LogP contribution in [0.15, 0.2) is 53.3 Å². The Bertz CT molecular complexity index is 1150. The molecule has 2 N–H and O–H groups in total. The molecule has 0 unspecified atom stereocenters. The van der Waals surface area contributed by atoms with Crippen molar-refractivity contribution in [2.45, 2.75) is 40.2 Å². The zero-order valence-electron chi connectivity index (χ0n) is 20.7. The maximum absolute atomic E-state index is 13.3. The highest BCUT2D eigenvalue weighted by atomic mass is 16.5. The molecule has 0 fully saturated rings. The molecule has 2 aromatic carbocycles. The van der Waals surface area contributed by atoms with Crippen molar-refractivity contribution in [1.82, 2.24) is 14.8 Å². The van der Waals surface area contributed by atoms with E-state index in [1.54, 1.807) is 24.1 Å². The van der Waals surface area contributed by atoms with Gasteiger partial charge in [-0.3, -0.25) is 4.79 Å². The molecule has 0 aliphatic carbocycles. The van der Waals surface area contributed by atoms with Gasteiger partial charge in [-0.15, -0.1) is 0 Å². The highest BCUT2D eigenvalue weighted by Gasteiger charge is 2.18. The fourth-order valence-electron chi connectivity index (χ4n) is 4.06. The molecule has 0 aliphatic heterocycles. The summed E-state index contributed by atoms with van der Waals surface area (Å²) in [6.07, 6.45) is 1.73. The van der Waals surface area contributed by atoms with Crippen LogP contribution >= 0.6 is 0 Å². The van der Waals surface area contributed by atoms with Crippen molar-refractivity contribution >= 4 is 22.6 Å².